The van der Waals surface area contributed by atoms with Gasteiger partial charge in [-0.25, -0.2) is 4.79 Å². The van der Waals surface area contributed by atoms with Gasteiger partial charge in [-0.2, -0.15) is 0 Å². The van der Waals surface area contributed by atoms with Gasteiger partial charge in [-0.3, -0.25) is 14.2 Å². The number of rotatable bonds is 6. The Morgan fingerprint density at radius 3 is 2.69 bits per heavy atom. The van der Waals surface area contributed by atoms with E-state index in [-0.39, 0.29) is 23.2 Å². The van der Waals surface area contributed by atoms with E-state index < -0.39 is 5.97 Å². The van der Waals surface area contributed by atoms with Gasteiger partial charge < -0.3 is 10.1 Å². The average molecular weight is 527 g/mol. The molecule has 6 nitrogen and oxygen atoms in total. The average Bonchev–Trinajstić information content (AvgIpc) is 3.64. The number of ether oxygens (including phenoxy) is 1. The summed E-state index contributed by atoms with van der Waals surface area (Å²) in [5.41, 5.74) is 1.02. The lowest BCUT2D eigenvalue weighted by atomic mass is 9.77. The Kier molecular flexibility index (Phi) is 6.10. The number of nitrogens with zero attached hydrogens (tertiary/aromatic N) is 1. The molecule has 1 aromatic carbocycles. The van der Waals surface area contributed by atoms with Crippen molar-refractivity contribution in [2.75, 3.05) is 11.9 Å². The molecule has 2 aliphatic carbocycles. The lowest BCUT2D eigenvalue weighted by Gasteiger charge is -2.40. The summed E-state index contributed by atoms with van der Waals surface area (Å²) >= 11 is 4.94. The van der Waals surface area contributed by atoms with Crippen molar-refractivity contribution in [2.24, 2.45) is 17.8 Å². The number of fused-ring (bicyclic) bond motifs is 6. The van der Waals surface area contributed by atoms with Crippen LogP contribution in [0.15, 0.2) is 51.6 Å². The lowest BCUT2D eigenvalue weighted by Crippen LogP contribution is -2.34. The minimum Gasteiger partial charge on any atom is -0.462 e. The second-order valence-corrected chi connectivity index (χ2v) is 12.6. The van der Waals surface area contributed by atoms with Crippen molar-refractivity contribution in [3.8, 4) is 0 Å². The second kappa shape index (κ2) is 9.26. The summed E-state index contributed by atoms with van der Waals surface area (Å²) in [5.74, 6) is 1.66. The third-order valence-corrected chi connectivity index (χ3v) is 11.3. The molecule has 5 atom stereocenters. The maximum atomic E-state index is 13.1. The van der Waals surface area contributed by atoms with Crippen LogP contribution < -0.4 is 10.2 Å². The van der Waals surface area contributed by atoms with Gasteiger partial charge >= 0.3 is 10.8 Å². The molecule has 0 radical (unpaired) electrons. The summed E-state index contributed by atoms with van der Waals surface area (Å²) in [5, 5.41) is 6.50. The second-order valence-electron chi connectivity index (χ2n) is 9.46. The first-order valence-corrected chi connectivity index (χ1v) is 14.6. The predicted octanol–water partition coefficient (Wildman–Crippen LogP) is 5.44. The van der Waals surface area contributed by atoms with Crippen LogP contribution >= 0.6 is 34.4 Å². The Labute approximate surface area is 215 Å². The zero-order valence-corrected chi connectivity index (χ0v) is 21.7. The summed E-state index contributed by atoms with van der Waals surface area (Å²) in [6.07, 6.45) is 3.88. The van der Waals surface area contributed by atoms with Crippen molar-refractivity contribution in [1.82, 2.24) is 4.57 Å². The van der Waals surface area contributed by atoms with Crippen molar-refractivity contribution in [1.29, 1.82) is 0 Å². The highest BCUT2D eigenvalue weighted by Crippen LogP contribution is 2.64. The standard InChI is InChI=1S/C26H26N2O4S3/c1-2-32-25(30)14-7-9-17(10-8-14)27-19(29)13-28-24-23(35-26(28)31)21(18-4-3-11-33-18)20-15-5-6-16(12-15)22(20)34-24/h3-4,7-11,15-16,20-22H,2,5-6,12-13H2,1H3,(H,27,29)/t15-,16-,20-,21-,22+/m0/s1. The van der Waals surface area contributed by atoms with Crippen LogP contribution in [0.2, 0.25) is 0 Å². The number of benzene rings is 1. The summed E-state index contributed by atoms with van der Waals surface area (Å²) < 4.78 is 6.68. The number of thioether (sulfide) groups is 1. The first-order valence-electron chi connectivity index (χ1n) is 12.0. The van der Waals surface area contributed by atoms with E-state index in [1.165, 1.54) is 35.5 Å². The molecule has 3 heterocycles. The van der Waals surface area contributed by atoms with Gasteiger partial charge in [-0.1, -0.05) is 17.4 Å². The summed E-state index contributed by atoms with van der Waals surface area (Å²) in [7, 11) is 0. The minimum atomic E-state index is -0.391. The monoisotopic (exact) mass is 526 g/mol. The number of carbonyl (C=O) groups excluding carboxylic acids is 2. The highest BCUT2D eigenvalue weighted by Gasteiger charge is 2.55. The van der Waals surface area contributed by atoms with Crippen molar-refractivity contribution in [2.45, 2.75) is 48.9 Å². The van der Waals surface area contributed by atoms with E-state index >= 15 is 0 Å². The maximum Gasteiger partial charge on any atom is 0.338 e. The largest absolute Gasteiger partial charge is 0.462 e. The number of amides is 1. The van der Waals surface area contributed by atoms with Gasteiger partial charge in [-0.15, -0.1) is 23.1 Å². The molecule has 182 valence electrons. The van der Waals surface area contributed by atoms with Crippen LogP contribution in [-0.4, -0.2) is 28.3 Å². The highest BCUT2D eigenvalue weighted by atomic mass is 32.2. The van der Waals surface area contributed by atoms with Gasteiger partial charge in [-0.05, 0) is 79.7 Å². The number of anilines is 1. The van der Waals surface area contributed by atoms with Crippen LogP contribution in [0.3, 0.4) is 0 Å². The van der Waals surface area contributed by atoms with Gasteiger partial charge in [0.15, 0.2) is 0 Å². The highest BCUT2D eigenvalue weighted by molar-refractivity contribution is 8.00. The molecular formula is C26H26N2O4S3. The van der Waals surface area contributed by atoms with Gasteiger partial charge in [0.2, 0.25) is 5.91 Å². The molecule has 1 aliphatic heterocycles. The molecular weight excluding hydrogens is 500 g/mol. The summed E-state index contributed by atoms with van der Waals surface area (Å²) in [6, 6.07) is 10.9. The first kappa shape index (κ1) is 23.1. The molecule has 2 fully saturated rings. The minimum absolute atomic E-state index is 0.0140. The maximum absolute atomic E-state index is 13.1. The Morgan fingerprint density at radius 2 is 1.94 bits per heavy atom. The fourth-order valence-electron chi connectivity index (χ4n) is 6.12. The fourth-order valence-corrected chi connectivity index (χ4v) is 10.2. The fraction of sp³-hybridized carbons (Fsp3) is 0.423. The number of esters is 1. The predicted molar refractivity (Wildman–Crippen MR) is 140 cm³/mol. The van der Waals surface area contributed by atoms with Crippen LogP contribution in [0.25, 0.3) is 0 Å². The number of thiazole rings is 1. The van der Waals surface area contributed by atoms with Gasteiger partial charge in [0.25, 0.3) is 0 Å². The number of aromatic nitrogens is 1. The molecule has 0 saturated heterocycles. The van der Waals surface area contributed by atoms with Crippen LogP contribution in [0, 0.1) is 17.8 Å². The van der Waals surface area contributed by atoms with E-state index in [1.807, 2.05) is 11.8 Å². The molecule has 35 heavy (non-hydrogen) atoms. The molecule has 3 aliphatic rings. The van der Waals surface area contributed by atoms with E-state index in [0.717, 1.165) is 15.8 Å². The molecule has 1 amide bonds. The number of hydrogen-bond acceptors (Lipinski definition) is 7. The molecule has 0 spiro atoms. The number of thiophene rings is 1. The Balaban J connectivity index is 1.25. The summed E-state index contributed by atoms with van der Waals surface area (Å²) in [6.45, 7) is 2.06. The number of nitrogens with one attached hydrogen (secondary N) is 1. The molecule has 0 unspecified atom stereocenters. The van der Waals surface area contributed by atoms with Crippen LogP contribution in [0.5, 0.6) is 0 Å². The molecule has 1 N–H and O–H groups in total. The van der Waals surface area contributed by atoms with E-state index in [0.29, 0.717) is 34.9 Å². The van der Waals surface area contributed by atoms with Crippen molar-refractivity contribution >= 4 is 52.0 Å². The molecule has 6 rings (SSSR count). The zero-order valence-electron chi connectivity index (χ0n) is 19.3. The lowest BCUT2D eigenvalue weighted by molar-refractivity contribution is -0.116. The molecule has 2 aromatic heterocycles. The van der Waals surface area contributed by atoms with Crippen LogP contribution in [0.4, 0.5) is 5.69 Å². The topological polar surface area (TPSA) is 77.4 Å². The van der Waals surface area contributed by atoms with Crippen LogP contribution in [-0.2, 0) is 16.1 Å². The Morgan fingerprint density at radius 1 is 1.14 bits per heavy atom. The van der Waals surface area contributed by atoms with Crippen molar-refractivity contribution in [3.05, 3.63) is 66.8 Å². The van der Waals surface area contributed by atoms with Crippen molar-refractivity contribution < 1.29 is 14.3 Å². The molecule has 9 heteroatoms. The van der Waals surface area contributed by atoms with E-state index in [4.69, 9.17) is 4.74 Å². The first-order chi connectivity index (χ1) is 17.0. The van der Waals surface area contributed by atoms with Gasteiger partial charge in [0.05, 0.1) is 17.2 Å². The Hall–Kier alpha value is -2.36. The normalized spacial score (nSPS) is 26.3. The van der Waals surface area contributed by atoms with E-state index in [1.54, 1.807) is 47.1 Å². The van der Waals surface area contributed by atoms with Gasteiger partial charge in [0.1, 0.15) is 6.54 Å². The quantitative estimate of drug-likeness (QED) is 0.433. The summed E-state index contributed by atoms with van der Waals surface area (Å²) in [4.78, 5) is 40.3. The van der Waals surface area contributed by atoms with E-state index in [9.17, 15) is 14.4 Å². The third kappa shape index (κ3) is 4.07. The number of carbonyl (C=O) groups is 2. The van der Waals surface area contributed by atoms with Gasteiger partial charge in [0, 0.05) is 26.6 Å². The van der Waals surface area contributed by atoms with Crippen molar-refractivity contribution in [3.63, 3.8) is 0 Å². The van der Waals surface area contributed by atoms with E-state index in [2.05, 4.69) is 22.8 Å². The number of hydrogen-bond donors (Lipinski definition) is 1. The zero-order chi connectivity index (χ0) is 24.1. The smallest absolute Gasteiger partial charge is 0.338 e. The van der Waals surface area contributed by atoms with Crippen LogP contribution in [0.1, 0.15) is 52.2 Å². The third-order valence-electron chi connectivity index (χ3n) is 7.52. The molecule has 2 saturated carbocycles. The molecule has 3 aromatic rings. The molecule has 2 bridgehead atoms. The Bertz CT molecular complexity index is 1310. The SMILES string of the molecule is CCOC(=O)c1ccc(NC(=O)Cn2c3c(sc2=O)[C@@H](c2cccs2)[C@@H]2[C@H]4CC[C@@H](C4)[C@H]2S3)cc1.